The molecule has 0 saturated carbocycles. The minimum absolute atomic E-state index is 0.112. The lowest BCUT2D eigenvalue weighted by Gasteiger charge is -2.16. The van der Waals surface area contributed by atoms with Gasteiger partial charge in [-0.1, -0.05) is 60.7 Å². The maximum absolute atomic E-state index is 12.4. The van der Waals surface area contributed by atoms with Crippen molar-refractivity contribution in [1.29, 1.82) is 0 Å². The molecule has 3 aromatic carbocycles. The van der Waals surface area contributed by atoms with E-state index in [9.17, 15) is 9.90 Å². The van der Waals surface area contributed by atoms with E-state index in [2.05, 4.69) is 5.32 Å². The summed E-state index contributed by atoms with van der Waals surface area (Å²) >= 11 is 0. The molecule has 0 aromatic heterocycles. The Morgan fingerprint density at radius 3 is 2.04 bits per heavy atom. The molecule has 3 rings (SSSR count). The van der Waals surface area contributed by atoms with E-state index in [0.717, 1.165) is 11.1 Å². The van der Waals surface area contributed by atoms with Crippen LogP contribution < -0.4 is 10.1 Å². The van der Waals surface area contributed by atoms with Crippen molar-refractivity contribution >= 4 is 5.91 Å². The molecule has 0 spiro atoms. The quantitative estimate of drug-likeness (QED) is 0.644. The van der Waals surface area contributed by atoms with Crippen LogP contribution in [0.5, 0.6) is 5.75 Å². The van der Waals surface area contributed by atoms with E-state index in [-0.39, 0.29) is 18.6 Å². The Morgan fingerprint density at radius 1 is 0.852 bits per heavy atom. The first-order valence-corrected chi connectivity index (χ1v) is 8.97. The smallest absolute Gasteiger partial charge is 0.251 e. The van der Waals surface area contributed by atoms with Gasteiger partial charge in [-0.25, -0.2) is 0 Å². The van der Waals surface area contributed by atoms with Crippen LogP contribution in [-0.4, -0.2) is 23.7 Å². The Hall–Kier alpha value is -3.11. The molecule has 2 N–H and O–H groups in total. The van der Waals surface area contributed by atoms with E-state index in [4.69, 9.17) is 4.74 Å². The first-order valence-electron chi connectivity index (χ1n) is 8.97. The number of benzene rings is 3. The van der Waals surface area contributed by atoms with Gasteiger partial charge in [0.25, 0.3) is 5.91 Å². The van der Waals surface area contributed by atoms with Gasteiger partial charge >= 0.3 is 0 Å². The number of aliphatic hydroxyl groups is 1. The normalized spacial score (nSPS) is 11.6. The Morgan fingerprint density at radius 2 is 1.44 bits per heavy atom. The van der Waals surface area contributed by atoms with E-state index in [1.807, 2.05) is 60.7 Å². The summed E-state index contributed by atoms with van der Waals surface area (Å²) in [6.45, 7) is 0.370. The Kier molecular flexibility index (Phi) is 6.61. The topological polar surface area (TPSA) is 58.6 Å². The van der Waals surface area contributed by atoms with E-state index in [0.29, 0.717) is 24.3 Å². The first kappa shape index (κ1) is 18.7. The van der Waals surface area contributed by atoms with Gasteiger partial charge in [0.2, 0.25) is 0 Å². The van der Waals surface area contributed by atoms with Crippen molar-refractivity contribution in [2.75, 3.05) is 6.61 Å². The van der Waals surface area contributed by atoms with Crippen LogP contribution >= 0.6 is 0 Å². The lowest BCUT2D eigenvalue weighted by atomic mass is 10.1. The zero-order valence-electron chi connectivity index (χ0n) is 15.0. The number of amides is 1. The second kappa shape index (κ2) is 9.55. The van der Waals surface area contributed by atoms with Crippen LogP contribution in [0.4, 0.5) is 0 Å². The minimum Gasteiger partial charge on any atom is -0.489 e. The highest BCUT2D eigenvalue weighted by atomic mass is 16.5. The molecule has 4 nitrogen and oxygen atoms in total. The predicted octanol–water partition coefficient (Wildman–Crippen LogP) is 3.60. The predicted molar refractivity (Wildman–Crippen MR) is 106 cm³/mol. The number of carbonyl (C=O) groups excluding carboxylic acids is 1. The first-order chi connectivity index (χ1) is 13.2. The lowest BCUT2D eigenvalue weighted by molar-refractivity contribution is 0.0916. The fourth-order valence-electron chi connectivity index (χ4n) is 2.77. The zero-order valence-corrected chi connectivity index (χ0v) is 15.0. The van der Waals surface area contributed by atoms with Crippen molar-refractivity contribution in [2.45, 2.75) is 19.1 Å². The molecular formula is C23H23NO3. The van der Waals surface area contributed by atoms with Gasteiger partial charge in [-0.3, -0.25) is 4.79 Å². The maximum Gasteiger partial charge on any atom is 0.251 e. The zero-order chi connectivity index (χ0) is 18.9. The number of nitrogens with one attached hydrogen (secondary N) is 1. The number of hydrogen-bond acceptors (Lipinski definition) is 3. The molecule has 4 heteroatoms. The van der Waals surface area contributed by atoms with Crippen LogP contribution in [0.1, 0.15) is 21.5 Å². The molecule has 0 fully saturated rings. The van der Waals surface area contributed by atoms with Crippen LogP contribution in [0.2, 0.25) is 0 Å². The van der Waals surface area contributed by atoms with Gasteiger partial charge in [-0.15, -0.1) is 0 Å². The highest BCUT2D eigenvalue weighted by Gasteiger charge is 2.13. The highest BCUT2D eigenvalue weighted by Crippen LogP contribution is 2.14. The molecule has 0 unspecified atom stereocenters. The number of carbonyl (C=O) groups is 1. The van der Waals surface area contributed by atoms with E-state index >= 15 is 0 Å². The summed E-state index contributed by atoms with van der Waals surface area (Å²) in [6, 6.07) is 26.4. The van der Waals surface area contributed by atoms with Crippen LogP contribution in [0, 0.1) is 0 Å². The minimum atomic E-state index is -0.325. The summed E-state index contributed by atoms with van der Waals surface area (Å²) in [7, 11) is 0. The molecule has 0 aliphatic rings. The molecule has 27 heavy (non-hydrogen) atoms. The SMILES string of the molecule is O=C(N[C@H](CO)Cc1ccccc1)c1ccc(OCc2ccccc2)cc1. The van der Waals surface area contributed by atoms with Crippen molar-refractivity contribution in [3.05, 3.63) is 102 Å². The molecule has 1 atom stereocenters. The number of rotatable bonds is 8. The van der Waals surface area contributed by atoms with Gasteiger partial charge in [0.1, 0.15) is 12.4 Å². The summed E-state index contributed by atoms with van der Waals surface area (Å²) in [4.78, 5) is 12.4. The molecule has 1 amide bonds. The van der Waals surface area contributed by atoms with Gasteiger partial charge in [-0.05, 0) is 41.8 Å². The van der Waals surface area contributed by atoms with Crippen molar-refractivity contribution in [3.8, 4) is 5.75 Å². The molecule has 0 bridgehead atoms. The summed E-state index contributed by atoms with van der Waals surface area (Å²) in [5.41, 5.74) is 2.70. The standard InChI is InChI=1S/C23H23NO3/c25-16-21(15-18-7-3-1-4-8-18)24-23(26)20-11-13-22(14-12-20)27-17-19-9-5-2-6-10-19/h1-14,21,25H,15-17H2,(H,24,26)/t21-/m0/s1. The summed E-state index contributed by atoms with van der Waals surface area (Å²) in [5, 5.41) is 12.4. The second-order valence-corrected chi connectivity index (χ2v) is 6.34. The number of aliphatic hydroxyl groups excluding tert-OH is 1. The molecule has 0 heterocycles. The van der Waals surface area contributed by atoms with Gasteiger partial charge in [0.05, 0.1) is 12.6 Å². The second-order valence-electron chi connectivity index (χ2n) is 6.34. The average molecular weight is 361 g/mol. The van der Waals surface area contributed by atoms with Crippen LogP contribution in [0.25, 0.3) is 0 Å². The van der Waals surface area contributed by atoms with Crippen molar-refractivity contribution in [1.82, 2.24) is 5.32 Å². The molecule has 0 saturated heterocycles. The molecular weight excluding hydrogens is 338 g/mol. The fourth-order valence-corrected chi connectivity index (χ4v) is 2.77. The summed E-state index contributed by atoms with van der Waals surface area (Å²) < 4.78 is 5.74. The Balaban J connectivity index is 1.54. The summed E-state index contributed by atoms with van der Waals surface area (Å²) in [6.07, 6.45) is 0.585. The van der Waals surface area contributed by atoms with Crippen molar-refractivity contribution in [3.63, 3.8) is 0 Å². The average Bonchev–Trinajstić information content (AvgIpc) is 2.73. The van der Waals surface area contributed by atoms with Gasteiger partial charge < -0.3 is 15.2 Å². The van der Waals surface area contributed by atoms with Gasteiger partial charge in [-0.2, -0.15) is 0 Å². The van der Waals surface area contributed by atoms with E-state index in [1.54, 1.807) is 24.3 Å². The van der Waals surface area contributed by atoms with Crippen LogP contribution in [0.15, 0.2) is 84.9 Å². The third kappa shape index (κ3) is 5.69. The number of hydrogen-bond donors (Lipinski definition) is 2. The third-order valence-electron chi connectivity index (χ3n) is 4.25. The van der Waals surface area contributed by atoms with Crippen molar-refractivity contribution < 1.29 is 14.6 Å². The monoisotopic (exact) mass is 361 g/mol. The van der Waals surface area contributed by atoms with Crippen LogP contribution in [0.3, 0.4) is 0 Å². The van der Waals surface area contributed by atoms with E-state index < -0.39 is 0 Å². The Labute approximate surface area is 159 Å². The Bertz CT molecular complexity index is 833. The van der Waals surface area contributed by atoms with Gasteiger partial charge in [0, 0.05) is 5.56 Å². The lowest BCUT2D eigenvalue weighted by Crippen LogP contribution is -2.39. The molecule has 0 aliphatic heterocycles. The molecule has 138 valence electrons. The van der Waals surface area contributed by atoms with Crippen LogP contribution in [-0.2, 0) is 13.0 Å². The molecule has 0 radical (unpaired) electrons. The van der Waals surface area contributed by atoms with E-state index in [1.165, 1.54) is 0 Å². The molecule has 3 aromatic rings. The third-order valence-corrected chi connectivity index (χ3v) is 4.25. The maximum atomic E-state index is 12.4. The molecule has 0 aliphatic carbocycles. The fraction of sp³-hybridized carbons (Fsp3) is 0.174. The number of ether oxygens (including phenoxy) is 1. The summed E-state index contributed by atoms with van der Waals surface area (Å²) in [5.74, 6) is 0.498. The largest absolute Gasteiger partial charge is 0.489 e. The van der Waals surface area contributed by atoms with Crippen molar-refractivity contribution in [2.24, 2.45) is 0 Å². The highest BCUT2D eigenvalue weighted by molar-refractivity contribution is 5.94. The van der Waals surface area contributed by atoms with Gasteiger partial charge in [0.15, 0.2) is 0 Å².